The second-order valence-corrected chi connectivity index (χ2v) is 6.54. The van der Waals surface area contributed by atoms with Crippen molar-refractivity contribution in [2.24, 2.45) is 0 Å². The summed E-state index contributed by atoms with van der Waals surface area (Å²) in [7, 11) is 0. The van der Waals surface area contributed by atoms with Gasteiger partial charge in [-0.15, -0.1) is 11.8 Å². The van der Waals surface area contributed by atoms with Gasteiger partial charge in [0.25, 0.3) is 0 Å². The molecule has 0 fully saturated rings. The lowest BCUT2D eigenvalue weighted by molar-refractivity contribution is -0.115. The number of thioether (sulfide) groups is 1. The number of dihydropyridines is 1. The van der Waals surface area contributed by atoms with Crippen molar-refractivity contribution < 1.29 is 4.79 Å². The summed E-state index contributed by atoms with van der Waals surface area (Å²) in [6.07, 6.45) is 4.09. The van der Waals surface area contributed by atoms with Crippen LogP contribution in [0.1, 0.15) is 36.4 Å². The van der Waals surface area contributed by atoms with Crippen LogP contribution in [0.2, 0.25) is 0 Å². The van der Waals surface area contributed by atoms with Gasteiger partial charge < -0.3 is 5.32 Å². The molecule has 0 saturated heterocycles. The molecule has 1 aromatic heterocycles. The fourth-order valence-electron chi connectivity index (χ4n) is 3.32. The molecule has 5 heteroatoms. The van der Waals surface area contributed by atoms with Gasteiger partial charge >= 0.3 is 0 Å². The molecule has 3 aliphatic rings. The van der Waals surface area contributed by atoms with Gasteiger partial charge in [-0.1, -0.05) is 0 Å². The normalized spacial score (nSPS) is 23.8. The second-order valence-electron chi connectivity index (χ2n) is 5.40. The molecule has 21 heavy (non-hydrogen) atoms. The van der Waals surface area contributed by atoms with E-state index in [1.807, 2.05) is 23.9 Å². The van der Waals surface area contributed by atoms with E-state index in [1.165, 1.54) is 10.6 Å². The van der Waals surface area contributed by atoms with Gasteiger partial charge in [-0.25, -0.2) is 4.98 Å². The van der Waals surface area contributed by atoms with E-state index in [-0.39, 0.29) is 11.7 Å². The molecule has 1 aromatic rings. The molecule has 1 aliphatic carbocycles. The summed E-state index contributed by atoms with van der Waals surface area (Å²) in [4.78, 5) is 17.6. The SMILES string of the molecule is N#Cc1cc(C2C3=C(CCS3)NC3=C2C(=O)CC3)ccn1. The number of hydrogen-bond acceptors (Lipinski definition) is 5. The van der Waals surface area contributed by atoms with Crippen LogP contribution in [0.15, 0.2) is 40.2 Å². The number of ketones is 1. The first-order chi connectivity index (χ1) is 10.3. The third-order valence-corrected chi connectivity index (χ3v) is 5.42. The van der Waals surface area contributed by atoms with Gasteiger partial charge in [0.2, 0.25) is 0 Å². The summed E-state index contributed by atoms with van der Waals surface area (Å²) < 4.78 is 0. The molecule has 3 heterocycles. The zero-order chi connectivity index (χ0) is 14.4. The van der Waals surface area contributed by atoms with E-state index in [2.05, 4.69) is 16.4 Å². The Morgan fingerprint density at radius 1 is 1.33 bits per heavy atom. The van der Waals surface area contributed by atoms with Crippen molar-refractivity contribution in [3.05, 3.63) is 51.5 Å². The number of nitrogens with one attached hydrogen (secondary N) is 1. The van der Waals surface area contributed by atoms with Crippen molar-refractivity contribution in [3.8, 4) is 6.07 Å². The average Bonchev–Trinajstić information content (AvgIpc) is 3.12. The molecule has 0 radical (unpaired) electrons. The lowest BCUT2D eigenvalue weighted by Gasteiger charge is -2.27. The Kier molecular flexibility index (Phi) is 2.86. The number of Topliss-reactive ketones (excluding diaryl/α,β-unsaturated/α-hetero) is 1. The maximum atomic E-state index is 12.3. The van der Waals surface area contributed by atoms with Crippen molar-refractivity contribution in [2.45, 2.75) is 25.2 Å². The van der Waals surface area contributed by atoms with Crippen LogP contribution in [0, 0.1) is 11.3 Å². The highest BCUT2D eigenvalue weighted by Crippen LogP contribution is 2.50. The van der Waals surface area contributed by atoms with Crippen LogP contribution in [-0.2, 0) is 4.79 Å². The quantitative estimate of drug-likeness (QED) is 0.862. The zero-order valence-electron chi connectivity index (χ0n) is 11.3. The van der Waals surface area contributed by atoms with Gasteiger partial charge in [-0.05, 0) is 30.5 Å². The first kappa shape index (κ1) is 12.7. The molecule has 0 bridgehead atoms. The van der Waals surface area contributed by atoms with E-state index in [0.717, 1.165) is 35.4 Å². The lowest BCUT2D eigenvalue weighted by Crippen LogP contribution is -2.23. The summed E-state index contributed by atoms with van der Waals surface area (Å²) >= 11 is 1.82. The topological polar surface area (TPSA) is 65.8 Å². The summed E-state index contributed by atoms with van der Waals surface area (Å²) in [5, 5.41) is 12.5. The molecule has 1 unspecified atom stereocenters. The zero-order valence-corrected chi connectivity index (χ0v) is 12.2. The van der Waals surface area contributed by atoms with E-state index < -0.39 is 0 Å². The molecule has 0 spiro atoms. The summed E-state index contributed by atoms with van der Waals surface area (Å²) in [6, 6.07) is 5.83. The van der Waals surface area contributed by atoms with E-state index in [9.17, 15) is 4.79 Å². The highest BCUT2D eigenvalue weighted by Gasteiger charge is 2.39. The maximum Gasteiger partial charge on any atom is 0.161 e. The Hall–Kier alpha value is -2.06. The van der Waals surface area contributed by atoms with Gasteiger partial charge in [0.15, 0.2) is 5.78 Å². The van der Waals surface area contributed by atoms with Crippen LogP contribution in [0.5, 0.6) is 0 Å². The van der Waals surface area contributed by atoms with Crippen molar-refractivity contribution in [1.82, 2.24) is 10.3 Å². The molecule has 1 N–H and O–H groups in total. The first-order valence-electron chi connectivity index (χ1n) is 7.03. The third kappa shape index (κ3) is 1.90. The van der Waals surface area contributed by atoms with Crippen LogP contribution in [0.25, 0.3) is 0 Å². The largest absolute Gasteiger partial charge is 0.361 e. The van der Waals surface area contributed by atoms with Gasteiger partial charge in [0.05, 0.1) is 0 Å². The van der Waals surface area contributed by atoms with Crippen LogP contribution < -0.4 is 5.32 Å². The molecule has 104 valence electrons. The number of allylic oxidation sites excluding steroid dienone is 4. The number of carbonyl (C=O) groups is 1. The maximum absolute atomic E-state index is 12.3. The summed E-state index contributed by atoms with van der Waals surface area (Å²) in [6.45, 7) is 0. The molecular formula is C16H13N3OS. The Bertz CT molecular complexity index is 757. The number of carbonyl (C=O) groups excluding carboxylic acids is 1. The highest BCUT2D eigenvalue weighted by molar-refractivity contribution is 8.03. The summed E-state index contributed by atoms with van der Waals surface area (Å²) in [5.41, 5.74) is 4.66. The van der Waals surface area contributed by atoms with Crippen LogP contribution in [0.3, 0.4) is 0 Å². The summed E-state index contributed by atoms with van der Waals surface area (Å²) in [5.74, 6) is 1.28. The van der Waals surface area contributed by atoms with Crippen molar-refractivity contribution in [1.29, 1.82) is 5.26 Å². The molecule has 0 aromatic carbocycles. The van der Waals surface area contributed by atoms with Crippen molar-refractivity contribution >= 4 is 17.5 Å². The molecule has 0 amide bonds. The van der Waals surface area contributed by atoms with Crippen LogP contribution in [-0.4, -0.2) is 16.5 Å². The van der Waals surface area contributed by atoms with E-state index >= 15 is 0 Å². The number of aromatic nitrogens is 1. The minimum atomic E-state index is -0.00569. The number of nitriles is 1. The van der Waals surface area contributed by atoms with Gasteiger partial charge in [0.1, 0.15) is 11.8 Å². The molecule has 2 aliphatic heterocycles. The fraction of sp³-hybridized carbons (Fsp3) is 0.312. The minimum Gasteiger partial charge on any atom is -0.361 e. The molecule has 0 saturated carbocycles. The van der Waals surface area contributed by atoms with Crippen LogP contribution >= 0.6 is 11.8 Å². The Balaban J connectivity index is 1.87. The Labute approximate surface area is 126 Å². The molecule has 1 atom stereocenters. The van der Waals surface area contributed by atoms with Crippen LogP contribution in [0.4, 0.5) is 0 Å². The first-order valence-corrected chi connectivity index (χ1v) is 8.01. The van der Waals surface area contributed by atoms with E-state index in [1.54, 1.807) is 6.20 Å². The predicted molar refractivity (Wildman–Crippen MR) is 80.2 cm³/mol. The number of pyridine rings is 1. The molecule has 4 nitrogen and oxygen atoms in total. The number of rotatable bonds is 1. The Morgan fingerprint density at radius 2 is 2.24 bits per heavy atom. The van der Waals surface area contributed by atoms with Gasteiger partial charge in [0, 0.05) is 46.2 Å². The van der Waals surface area contributed by atoms with Crippen molar-refractivity contribution in [2.75, 3.05) is 5.75 Å². The molecule has 4 rings (SSSR count). The van der Waals surface area contributed by atoms with E-state index in [4.69, 9.17) is 5.26 Å². The molecular weight excluding hydrogens is 282 g/mol. The standard InChI is InChI=1S/C16H13N3OS/c17-8-10-7-9(3-5-18-10)14-15-11(1-2-13(15)20)19-12-4-6-21-16(12)14/h3,5,7,14,19H,1-2,4,6H2. The lowest BCUT2D eigenvalue weighted by atomic mass is 9.86. The monoisotopic (exact) mass is 295 g/mol. The average molecular weight is 295 g/mol. The third-order valence-electron chi connectivity index (χ3n) is 4.22. The van der Waals surface area contributed by atoms with Gasteiger partial charge in [-0.3, -0.25) is 4.79 Å². The predicted octanol–water partition coefficient (Wildman–Crippen LogP) is 2.61. The number of nitrogens with zero attached hydrogens (tertiary/aromatic N) is 2. The van der Waals surface area contributed by atoms with Gasteiger partial charge in [-0.2, -0.15) is 5.26 Å². The fourth-order valence-corrected chi connectivity index (χ4v) is 4.59. The highest BCUT2D eigenvalue weighted by atomic mass is 32.2. The van der Waals surface area contributed by atoms with E-state index in [0.29, 0.717) is 12.1 Å². The minimum absolute atomic E-state index is 0.00569. The second kappa shape index (κ2) is 4.74. The smallest absolute Gasteiger partial charge is 0.161 e. The number of hydrogen-bond donors (Lipinski definition) is 1. The Morgan fingerprint density at radius 3 is 3.10 bits per heavy atom. The van der Waals surface area contributed by atoms with Crippen molar-refractivity contribution in [3.63, 3.8) is 0 Å².